The molecule has 2 aromatic carbocycles. The predicted octanol–water partition coefficient (Wildman–Crippen LogP) is 4.91. The van der Waals surface area contributed by atoms with Crippen molar-refractivity contribution in [3.8, 4) is 0 Å². The molecule has 1 aromatic heterocycles. The quantitative estimate of drug-likeness (QED) is 0.581. The maximum atomic E-state index is 13.7. The van der Waals surface area contributed by atoms with E-state index >= 15 is 0 Å². The van der Waals surface area contributed by atoms with Gasteiger partial charge in [-0.15, -0.1) is 5.10 Å². The number of benzene rings is 2. The van der Waals surface area contributed by atoms with Crippen LogP contribution in [0.25, 0.3) is 0 Å². The minimum atomic E-state index is -0.814. The lowest BCUT2D eigenvalue weighted by atomic mass is 9.98. The molecule has 1 atom stereocenters. The number of anilines is 1. The van der Waals surface area contributed by atoms with Gasteiger partial charge in [-0.05, 0) is 67.9 Å². The van der Waals surface area contributed by atoms with Crippen LogP contribution in [0.2, 0.25) is 0 Å². The Balaban J connectivity index is 1.84. The summed E-state index contributed by atoms with van der Waals surface area (Å²) >= 11 is 1.12. The number of amides is 2. The number of aromatic nitrogens is 2. The number of nitrogens with zero attached hydrogens (tertiary/aromatic N) is 3. The molecule has 1 fully saturated rings. The van der Waals surface area contributed by atoms with Crippen LogP contribution in [-0.4, -0.2) is 27.4 Å². The minimum absolute atomic E-state index is 0.145. The monoisotopic (exact) mass is 448 g/mol. The number of rotatable bonds is 6. The molecule has 1 aliphatic rings. The fourth-order valence-electron chi connectivity index (χ4n) is 4.26. The normalized spacial score (nSPS) is 14.8. The Kier molecular flexibility index (Phi) is 6.65. The van der Waals surface area contributed by atoms with Gasteiger partial charge in [-0.25, -0.2) is 0 Å². The van der Waals surface area contributed by atoms with E-state index in [1.165, 1.54) is 0 Å². The Hall–Kier alpha value is -3.06. The average molecular weight is 449 g/mol. The van der Waals surface area contributed by atoms with E-state index in [0.717, 1.165) is 59.5 Å². The van der Waals surface area contributed by atoms with Crippen molar-refractivity contribution in [3.05, 3.63) is 75.8 Å². The van der Waals surface area contributed by atoms with Crippen LogP contribution in [0, 0.1) is 20.8 Å². The highest BCUT2D eigenvalue weighted by Crippen LogP contribution is 2.34. The lowest BCUT2D eigenvalue weighted by molar-refractivity contribution is -0.123. The summed E-state index contributed by atoms with van der Waals surface area (Å²) in [6, 6.07) is 13.0. The summed E-state index contributed by atoms with van der Waals surface area (Å²) in [5.74, 6) is -0.502. The fraction of sp³-hybridized carbons (Fsp3) is 0.360. The standard InChI is InChI=1S/C25H28N4O2S/c1-16-11-13-19(14-12-16)23(24(30)26-20-8-4-5-9-20)29(25(31)21-15-32-28-27-21)22-10-6-7-17(2)18(22)3/h6-7,10-15,20,23H,4-5,8-9H2,1-3H3,(H,26,30). The molecule has 0 radical (unpaired) electrons. The summed E-state index contributed by atoms with van der Waals surface area (Å²) in [5.41, 5.74) is 4.81. The van der Waals surface area contributed by atoms with Crippen molar-refractivity contribution in [2.75, 3.05) is 4.90 Å². The summed E-state index contributed by atoms with van der Waals surface area (Å²) in [6.07, 6.45) is 4.17. The zero-order chi connectivity index (χ0) is 22.7. The number of nitrogens with one attached hydrogen (secondary N) is 1. The zero-order valence-corrected chi connectivity index (χ0v) is 19.5. The molecular formula is C25H28N4O2S. The molecule has 2 amide bonds. The van der Waals surface area contributed by atoms with Gasteiger partial charge in [-0.3, -0.25) is 14.5 Å². The molecule has 7 heteroatoms. The van der Waals surface area contributed by atoms with E-state index in [0.29, 0.717) is 5.69 Å². The van der Waals surface area contributed by atoms with Gasteiger partial charge in [0, 0.05) is 17.1 Å². The number of hydrogen-bond acceptors (Lipinski definition) is 5. The fourth-order valence-corrected chi connectivity index (χ4v) is 4.69. The third-order valence-electron chi connectivity index (χ3n) is 6.23. The van der Waals surface area contributed by atoms with E-state index in [4.69, 9.17) is 0 Å². The van der Waals surface area contributed by atoms with Crippen LogP contribution in [0.3, 0.4) is 0 Å². The van der Waals surface area contributed by atoms with E-state index in [-0.39, 0.29) is 23.6 Å². The highest BCUT2D eigenvalue weighted by molar-refractivity contribution is 7.03. The van der Waals surface area contributed by atoms with Gasteiger partial charge in [0.05, 0.1) is 0 Å². The Morgan fingerprint density at radius 1 is 1.06 bits per heavy atom. The molecule has 3 aromatic rings. The van der Waals surface area contributed by atoms with E-state index < -0.39 is 6.04 Å². The second-order valence-corrected chi connectivity index (χ2v) is 9.10. The van der Waals surface area contributed by atoms with Crippen molar-refractivity contribution in [1.29, 1.82) is 0 Å². The van der Waals surface area contributed by atoms with Gasteiger partial charge in [0.15, 0.2) is 5.69 Å². The van der Waals surface area contributed by atoms with Gasteiger partial charge in [0.1, 0.15) is 6.04 Å². The van der Waals surface area contributed by atoms with E-state index in [9.17, 15) is 9.59 Å². The Bertz CT molecular complexity index is 1090. The van der Waals surface area contributed by atoms with Gasteiger partial charge in [0.2, 0.25) is 5.91 Å². The lowest BCUT2D eigenvalue weighted by Crippen LogP contribution is -2.46. The van der Waals surface area contributed by atoms with Crippen LogP contribution in [0.1, 0.15) is 64.5 Å². The van der Waals surface area contributed by atoms with Crippen LogP contribution < -0.4 is 10.2 Å². The molecule has 0 saturated heterocycles. The number of hydrogen-bond donors (Lipinski definition) is 1. The maximum absolute atomic E-state index is 13.7. The van der Waals surface area contributed by atoms with Crippen molar-refractivity contribution in [3.63, 3.8) is 0 Å². The number of carbonyl (C=O) groups is 2. The first kappa shape index (κ1) is 22.1. The van der Waals surface area contributed by atoms with Crippen molar-refractivity contribution in [2.24, 2.45) is 0 Å². The van der Waals surface area contributed by atoms with Crippen LogP contribution >= 0.6 is 11.5 Å². The first-order valence-corrected chi connectivity index (χ1v) is 11.8. The molecule has 0 bridgehead atoms. The summed E-state index contributed by atoms with van der Waals surface area (Å²) < 4.78 is 3.87. The molecule has 4 rings (SSSR count). The van der Waals surface area contributed by atoms with Gasteiger partial charge >= 0.3 is 0 Å². The highest BCUT2D eigenvalue weighted by Gasteiger charge is 2.36. The molecule has 0 aliphatic heterocycles. The number of aryl methyl sites for hydroxylation is 2. The second kappa shape index (κ2) is 9.61. The van der Waals surface area contributed by atoms with Crippen LogP contribution in [0.4, 0.5) is 5.69 Å². The Labute approximate surface area is 192 Å². The summed E-state index contributed by atoms with van der Waals surface area (Å²) in [5, 5.41) is 8.85. The summed E-state index contributed by atoms with van der Waals surface area (Å²) in [7, 11) is 0. The minimum Gasteiger partial charge on any atom is -0.351 e. The highest BCUT2D eigenvalue weighted by atomic mass is 32.1. The zero-order valence-electron chi connectivity index (χ0n) is 18.7. The number of carbonyl (C=O) groups excluding carboxylic acids is 2. The Morgan fingerprint density at radius 2 is 1.78 bits per heavy atom. The Morgan fingerprint density at radius 3 is 2.44 bits per heavy atom. The van der Waals surface area contributed by atoms with Gasteiger partial charge in [-0.1, -0.05) is 59.3 Å². The maximum Gasteiger partial charge on any atom is 0.280 e. The molecule has 166 valence electrons. The average Bonchev–Trinajstić information content (AvgIpc) is 3.49. The second-order valence-electron chi connectivity index (χ2n) is 8.49. The van der Waals surface area contributed by atoms with Crippen molar-refractivity contribution in [2.45, 2.75) is 58.5 Å². The van der Waals surface area contributed by atoms with E-state index in [2.05, 4.69) is 14.9 Å². The van der Waals surface area contributed by atoms with Crippen LogP contribution in [0.5, 0.6) is 0 Å². The lowest BCUT2D eigenvalue weighted by Gasteiger charge is -2.33. The molecule has 1 N–H and O–H groups in total. The molecule has 1 unspecified atom stereocenters. The molecule has 1 aliphatic carbocycles. The topological polar surface area (TPSA) is 75.2 Å². The third-order valence-corrected chi connectivity index (χ3v) is 6.74. The largest absolute Gasteiger partial charge is 0.351 e. The first-order chi connectivity index (χ1) is 15.5. The van der Waals surface area contributed by atoms with Gasteiger partial charge in [0.25, 0.3) is 5.91 Å². The van der Waals surface area contributed by atoms with Crippen LogP contribution in [0.15, 0.2) is 47.8 Å². The van der Waals surface area contributed by atoms with E-state index in [1.807, 2.05) is 63.2 Å². The molecule has 1 heterocycles. The molecule has 6 nitrogen and oxygen atoms in total. The molecule has 32 heavy (non-hydrogen) atoms. The van der Waals surface area contributed by atoms with Crippen molar-refractivity contribution >= 4 is 29.0 Å². The van der Waals surface area contributed by atoms with E-state index in [1.54, 1.807) is 10.3 Å². The van der Waals surface area contributed by atoms with Gasteiger partial charge < -0.3 is 5.32 Å². The molecular weight excluding hydrogens is 420 g/mol. The van der Waals surface area contributed by atoms with Crippen molar-refractivity contribution < 1.29 is 9.59 Å². The smallest absolute Gasteiger partial charge is 0.280 e. The van der Waals surface area contributed by atoms with Gasteiger partial charge in [-0.2, -0.15) is 0 Å². The third kappa shape index (κ3) is 4.58. The predicted molar refractivity (Wildman–Crippen MR) is 127 cm³/mol. The summed E-state index contributed by atoms with van der Waals surface area (Å²) in [6.45, 7) is 5.99. The SMILES string of the molecule is Cc1ccc(C(C(=O)NC2CCCC2)N(C(=O)c2csnn2)c2cccc(C)c2C)cc1. The summed E-state index contributed by atoms with van der Waals surface area (Å²) in [4.78, 5) is 29.1. The first-order valence-electron chi connectivity index (χ1n) is 11.0. The van der Waals surface area contributed by atoms with Crippen LogP contribution in [-0.2, 0) is 4.79 Å². The molecule has 1 saturated carbocycles. The van der Waals surface area contributed by atoms with Crippen molar-refractivity contribution in [1.82, 2.24) is 14.9 Å². The molecule has 0 spiro atoms.